The zero-order valence-corrected chi connectivity index (χ0v) is 25.7. The fraction of sp³-hybridized carbons (Fsp3) is 1.00. The summed E-state index contributed by atoms with van der Waals surface area (Å²) in [5.74, 6) is 0. The number of aliphatic hydroxyl groups excluding tert-OH is 4. The molecule has 204 valence electrons. The van der Waals surface area contributed by atoms with Gasteiger partial charge in [-0.05, 0) is 25.7 Å². The average molecular weight is 556 g/mol. The van der Waals surface area contributed by atoms with Crippen LogP contribution >= 0.6 is 0 Å². The van der Waals surface area contributed by atoms with Crippen LogP contribution in [0.3, 0.4) is 0 Å². The molecule has 0 aromatic carbocycles. The van der Waals surface area contributed by atoms with Crippen LogP contribution < -0.4 is 0 Å². The summed E-state index contributed by atoms with van der Waals surface area (Å²) in [5, 5.41) is 33.5. The van der Waals surface area contributed by atoms with Crippen molar-refractivity contribution in [1.29, 1.82) is 0 Å². The first-order valence-corrected chi connectivity index (χ1v) is 14.1. The molecule has 0 heterocycles. The van der Waals surface area contributed by atoms with Gasteiger partial charge >= 0.3 is 0 Å². The summed E-state index contributed by atoms with van der Waals surface area (Å²) in [6.45, 7) is 10.2. The van der Waals surface area contributed by atoms with Crippen molar-refractivity contribution in [3.05, 3.63) is 0 Å². The number of rotatable bonds is 20. The van der Waals surface area contributed by atoms with Crippen LogP contribution in [0.25, 0.3) is 0 Å². The number of hydrogen-bond acceptors (Lipinski definition) is 4. The van der Waals surface area contributed by atoms with Gasteiger partial charge < -0.3 is 20.4 Å². The molecule has 4 nitrogen and oxygen atoms in total. The first-order valence-electron chi connectivity index (χ1n) is 14.1. The largest absolute Gasteiger partial charge is 0.396 e. The molecule has 5 heteroatoms. The van der Waals surface area contributed by atoms with Crippen LogP contribution in [0.15, 0.2) is 0 Å². The Balaban J connectivity index is -0.000000105. The summed E-state index contributed by atoms with van der Waals surface area (Å²) < 4.78 is 0. The first kappa shape index (κ1) is 43.8. The Kier molecular flexibility index (Phi) is 71.5. The van der Waals surface area contributed by atoms with E-state index < -0.39 is 0 Å². The molecule has 0 aliphatic heterocycles. The smallest absolute Gasteiger partial charge is 0.0431 e. The zero-order valence-electron chi connectivity index (χ0n) is 23.3. The molecule has 0 aromatic heterocycles. The molecular weight excluding hydrogens is 492 g/mol. The average Bonchev–Trinajstić information content (AvgIpc) is 2.82. The molecular formula is C28H64O4Zr. The zero-order chi connectivity index (χ0) is 25.0. The summed E-state index contributed by atoms with van der Waals surface area (Å²) in [5.41, 5.74) is 0. The van der Waals surface area contributed by atoms with Gasteiger partial charge in [0.25, 0.3) is 0 Å². The van der Waals surface area contributed by atoms with Crippen molar-refractivity contribution in [2.45, 2.75) is 156 Å². The van der Waals surface area contributed by atoms with Gasteiger partial charge in [-0.2, -0.15) is 0 Å². The molecule has 0 saturated carbocycles. The van der Waals surface area contributed by atoms with Gasteiger partial charge in [-0.25, -0.2) is 0 Å². The normalized spacial score (nSPS) is 9.45. The van der Waals surface area contributed by atoms with E-state index in [-0.39, 0.29) is 26.2 Å². The fourth-order valence-electron chi connectivity index (χ4n) is 2.86. The Morgan fingerprint density at radius 1 is 0.273 bits per heavy atom. The van der Waals surface area contributed by atoms with Gasteiger partial charge in [0.2, 0.25) is 0 Å². The second-order valence-corrected chi connectivity index (χ2v) is 8.55. The van der Waals surface area contributed by atoms with E-state index in [1.54, 1.807) is 0 Å². The van der Waals surface area contributed by atoms with Crippen LogP contribution in [0.1, 0.15) is 156 Å². The van der Waals surface area contributed by atoms with E-state index in [4.69, 9.17) is 20.4 Å². The van der Waals surface area contributed by atoms with Gasteiger partial charge in [-0.3, -0.25) is 0 Å². The summed E-state index contributed by atoms with van der Waals surface area (Å²) in [4.78, 5) is 0. The Morgan fingerprint density at radius 2 is 0.424 bits per heavy atom. The summed E-state index contributed by atoms with van der Waals surface area (Å²) in [6, 6.07) is 0. The van der Waals surface area contributed by atoms with Crippen molar-refractivity contribution in [2.24, 2.45) is 0 Å². The number of unbranched alkanes of at least 4 members (excludes halogenated alkanes) is 16. The maximum Gasteiger partial charge on any atom is 0.0431 e. The predicted octanol–water partition coefficient (Wildman–Crippen LogP) is 7.79. The maximum absolute atomic E-state index is 8.37. The fourth-order valence-corrected chi connectivity index (χ4v) is 2.86. The monoisotopic (exact) mass is 554 g/mol. The van der Waals surface area contributed by atoms with Gasteiger partial charge in [0.1, 0.15) is 0 Å². The molecule has 0 unspecified atom stereocenters. The second kappa shape index (κ2) is 53.9. The molecule has 0 rings (SSSR count). The minimum absolute atomic E-state index is 0. The molecule has 33 heavy (non-hydrogen) atoms. The van der Waals surface area contributed by atoms with Crippen molar-refractivity contribution in [3.63, 3.8) is 0 Å². The van der Waals surface area contributed by atoms with Crippen molar-refractivity contribution in [3.8, 4) is 0 Å². The number of aliphatic hydroxyl groups is 4. The van der Waals surface area contributed by atoms with E-state index in [1.807, 2.05) is 0 Å². The molecule has 4 N–H and O–H groups in total. The van der Waals surface area contributed by atoms with E-state index in [9.17, 15) is 0 Å². The van der Waals surface area contributed by atoms with Crippen LogP contribution in [-0.4, -0.2) is 46.9 Å². The summed E-state index contributed by atoms with van der Waals surface area (Å²) in [7, 11) is 0. The van der Waals surface area contributed by atoms with Crippen molar-refractivity contribution in [2.75, 3.05) is 26.4 Å². The quantitative estimate of drug-likeness (QED) is 0.116. The Labute approximate surface area is 228 Å². The molecule has 0 saturated heterocycles. The third kappa shape index (κ3) is 71.9. The van der Waals surface area contributed by atoms with Crippen molar-refractivity contribution in [1.82, 2.24) is 0 Å². The van der Waals surface area contributed by atoms with Crippen molar-refractivity contribution < 1.29 is 46.6 Å². The molecule has 0 spiro atoms. The van der Waals surface area contributed by atoms with Crippen LogP contribution in [0, 0.1) is 0 Å². The van der Waals surface area contributed by atoms with E-state index in [2.05, 4.69) is 27.7 Å². The molecule has 0 aliphatic carbocycles. The molecule has 0 bridgehead atoms. The minimum Gasteiger partial charge on any atom is -0.396 e. The number of hydrogen-bond donors (Lipinski definition) is 4. The van der Waals surface area contributed by atoms with Gasteiger partial charge in [-0.15, -0.1) is 0 Å². The second-order valence-electron chi connectivity index (χ2n) is 8.55. The van der Waals surface area contributed by atoms with Gasteiger partial charge in [0.05, 0.1) is 0 Å². The molecule has 0 radical (unpaired) electrons. The van der Waals surface area contributed by atoms with E-state index in [0.29, 0.717) is 26.4 Å². The van der Waals surface area contributed by atoms with Crippen LogP contribution in [-0.2, 0) is 26.2 Å². The standard InChI is InChI=1S/4C7H16O.Zr/c4*1-2-3-4-5-6-7-8;/h4*8H,2-7H2,1H3;. The van der Waals surface area contributed by atoms with Crippen molar-refractivity contribution >= 4 is 0 Å². The molecule has 0 amide bonds. The SMILES string of the molecule is CCCCCCCO.CCCCCCCO.CCCCCCCO.CCCCCCCO.[Zr]. The summed E-state index contributed by atoms with van der Waals surface area (Å²) >= 11 is 0. The molecule has 0 aromatic rings. The third-order valence-electron chi connectivity index (χ3n) is 5.05. The van der Waals surface area contributed by atoms with Gasteiger partial charge in [0, 0.05) is 52.6 Å². The Bertz CT molecular complexity index is 172. The van der Waals surface area contributed by atoms with Crippen LogP contribution in [0.2, 0.25) is 0 Å². The van der Waals surface area contributed by atoms with Gasteiger partial charge in [0.15, 0.2) is 0 Å². The van der Waals surface area contributed by atoms with Crippen LogP contribution in [0.4, 0.5) is 0 Å². The molecule has 0 fully saturated rings. The third-order valence-corrected chi connectivity index (χ3v) is 5.05. The van der Waals surface area contributed by atoms with E-state index in [0.717, 1.165) is 25.7 Å². The first-order chi connectivity index (χ1) is 15.7. The molecule has 0 atom stereocenters. The van der Waals surface area contributed by atoms with E-state index in [1.165, 1.54) is 103 Å². The predicted molar refractivity (Wildman–Crippen MR) is 143 cm³/mol. The maximum atomic E-state index is 8.37. The van der Waals surface area contributed by atoms with Crippen LogP contribution in [0.5, 0.6) is 0 Å². The van der Waals surface area contributed by atoms with E-state index >= 15 is 0 Å². The van der Waals surface area contributed by atoms with Gasteiger partial charge in [-0.1, -0.05) is 130 Å². The Hall–Kier alpha value is 0.723. The molecule has 0 aliphatic rings. The topological polar surface area (TPSA) is 80.9 Å². The Morgan fingerprint density at radius 3 is 0.545 bits per heavy atom. The minimum atomic E-state index is 0. The summed E-state index contributed by atoms with van der Waals surface area (Å²) in [6.07, 6.45) is 24.3.